The van der Waals surface area contributed by atoms with E-state index in [0.717, 1.165) is 5.92 Å². The van der Waals surface area contributed by atoms with E-state index in [-0.39, 0.29) is 5.54 Å². The molecule has 0 radical (unpaired) electrons. The number of hydrogen-bond acceptors (Lipinski definition) is 2. The summed E-state index contributed by atoms with van der Waals surface area (Å²) in [6.45, 7) is 2.61. The largest absolute Gasteiger partial charge is 0.394 e. The maximum Gasteiger partial charge on any atom is 0.0613 e. The minimum atomic E-state index is 0.0917. The van der Waals surface area contributed by atoms with Crippen LogP contribution in [0.2, 0.25) is 0 Å². The fourth-order valence-corrected chi connectivity index (χ4v) is 3.42. The summed E-state index contributed by atoms with van der Waals surface area (Å²) < 4.78 is 0. The van der Waals surface area contributed by atoms with Gasteiger partial charge in [0.15, 0.2) is 0 Å². The van der Waals surface area contributed by atoms with Gasteiger partial charge in [0, 0.05) is 11.6 Å². The SMILES string of the molecule is CC1CC(CO)(NC2CCCCCC2)C1. The summed E-state index contributed by atoms with van der Waals surface area (Å²) in [5, 5.41) is 13.2. The normalized spacial score (nSPS) is 38.4. The predicted octanol–water partition coefficient (Wildman–Crippen LogP) is 2.46. The molecular weight excluding hydrogens is 186 g/mol. The Labute approximate surface area is 93.5 Å². The van der Waals surface area contributed by atoms with Crippen molar-refractivity contribution in [2.24, 2.45) is 5.92 Å². The number of nitrogens with one attached hydrogen (secondary N) is 1. The van der Waals surface area contributed by atoms with Crippen LogP contribution in [0.3, 0.4) is 0 Å². The van der Waals surface area contributed by atoms with Crippen molar-refractivity contribution in [3.63, 3.8) is 0 Å². The summed E-state index contributed by atoms with van der Waals surface area (Å²) in [7, 11) is 0. The van der Waals surface area contributed by atoms with Crippen LogP contribution in [-0.2, 0) is 0 Å². The molecule has 2 N–H and O–H groups in total. The monoisotopic (exact) mass is 211 g/mol. The highest BCUT2D eigenvalue weighted by Crippen LogP contribution is 2.38. The molecule has 88 valence electrons. The third kappa shape index (κ3) is 2.73. The van der Waals surface area contributed by atoms with Gasteiger partial charge in [-0.25, -0.2) is 0 Å². The summed E-state index contributed by atoms with van der Waals surface area (Å²) >= 11 is 0. The van der Waals surface area contributed by atoms with Gasteiger partial charge < -0.3 is 10.4 Å². The Morgan fingerprint density at radius 1 is 1.13 bits per heavy atom. The van der Waals surface area contributed by atoms with Gasteiger partial charge in [-0.05, 0) is 31.6 Å². The number of aliphatic hydroxyl groups excluding tert-OH is 1. The van der Waals surface area contributed by atoms with Crippen molar-refractivity contribution < 1.29 is 5.11 Å². The first kappa shape index (κ1) is 11.4. The van der Waals surface area contributed by atoms with Gasteiger partial charge in [0.2, 0.25) is 0 Å². The van der Waals surface area contributed by atoms with Crippen molar-refractivity contribution in [3.8, 4) is 0 Å². The van der Waals surface area contributed by atoms with Gasteiger partial charge >= 0.3 is 0 Å². The summed E-state index contributed by atoms with van der Waals surface area (Å²) in [6.07, 6.45) is 10.5. The van der Waals surface area contributed by atoms with Crippen LogP contribution in [-0.4, -0.2) is 23.3 Å². The van der Waals surface area contributed by atoms with Crippen molar-refractivity contribution >= 4 is 0 Å². The first-order chi connectivity index (χ1) is 7.24. The first-order valence-electron chi connectivity index (χ1n) is 6.63. The molecule has 0 aromatic rings. The minimum absolute atomic E-state index is 0.0917. The number of rotatable bonds is 3. The topological polar surface area (TPSA) is 32.3 Å². The second-order valence-corrected chi connectivity index (χ2v) is 5.78. The maximum atomic E-state index is 9.49. The Kier molecular flexibility index (Phi) is 3.68. The van der Waals surface area contributed by atoms with Crippen LogP contribution in [0.25, 0.3) is 0 Å². The molecule has 0 amide bonds. The molecule has 0 bridgehead atoms. The van der Waals surface area contributed by atoms with Crippen molar-refractivity contribution in [3.05, 3.63) is 0 Å². The maximum absolute atomic E-state index is 9.49. The van der Waals surface area contributed by atoms with Crippen LogP contribution in [0.15, 0.2) is 0 Å². The van der Waals surface area contributed by atoms with E-state index in [1.165, 1.54) is 51.4 Å². The molecule has 2 fully saturated rings. The van der Waals surface area contributed by atoms with Gasteiger partial charge in [-0.15, -0.1) is 0 Å². The molecule has 0 heterocycles. The summed E-state index contributed by atoms with van der Waals surface area (Å²) in [4.78, 5) is 0. The fraction of sp³-hybridized carbons (Fsp3) is 1.00. The second-order valence-electron chi connectivity index (χ2n) is 5.78. The molecule has 0 aromatic heterocycles. The highest BCUT2D eigenvalue weighted by Gasteiger charge is 2.42. The van der Waals surface area contributed by atoms with Gasteiger partial charge in [0.1, 0.15) is 0 Å². The molecule has 0 spiro atoms. The average Bonchev–Trinajstić information content (AvgIpc) is 2.43. The van der Waals surface area contributed by atoms with Crippen LogP contribution < -0.4 is 5.32 Å². The van der Waals surface area contributed by atoms with Crippen LogP contribution in [0.5, 0.6) is 0 Å². The van der Waals surface area contributed by atoms with E-state index >= 15 is 0 Å². The Balaban J connectivity index is 1.83. The van der Waals surface area contributed by atoms with Crippen molar-refractivity contribution in [1.82, 2.24) is 5.32 Å². The van der Waals surface area contributed by atoms with Crippen LogP contribution >= 0.6 is 0 Å². The number of aliphatic hydroxyl groups is 1. The molecule has 2 rings (SSSR count). The van der Waals surface area contributed by atoms with Gasteiger partial charge in [-0.1, -0.05) is 32.6 Å². The van der Waals surface area contributed by atoms with E-state index in [4.69, 9.17) is 0 Å². The lowest BCUT2D eigenvalue weighted by Gasteiger charge is -2.48. The summed E-state index contributed by atoms with van der Waals surface area (Å²) in [5.74, 6) is 0.801. The van der Waals surface area contributed by atoms with Crippen molar-refractivity contribution in [2.45, 2.75) is 69.9 Å². The molecule has 0 aliphatic heterocycles. The Bertz CT molecular complexity index is 191. The van der Waals surface area contributed by atoms with Crippen molar-refractivity contribution in [1.29, 1.82) is 0 Å². The van der Waals surface area contributed by atoms with E-state index in [0.29, 0.717) is 12.6 Å². The van der Waals surface area contributed by atoms with E-state index in [1.54, 1.807) is 0 Å². The van der Waals surface area contributed by atoms with E-state index in [2.05, 4.69) is 12.2 Å². The van der Waals surface area contributed by atoms with Gasteiger partial charge in [0.25, 0.3) is 0 Å². The molecule has 0 aromatic carbocycles. The lowest BCUT2D eigenvalue weighted by molar-refractivity contribution is 0.0352. The summed E-state index contributed by atoms with van der Waals surface area (Å²) in [6, 6.07) is 0.673. The fourth-order valence-electron chi connectivity index (χ4n) is 3.42. The van der Waals surface area contributed by atoms with Crippen LogP contribution in [0.1, 0.15) is 58.3 Å². The lowest BCUT2D eigenvalue weighted by Crippen LogP contribution is -2.60. The van der Waals surface area contributed by atoms with Gasteiger partial charge in [0.05, 0.1) is 6.61 Å². The van der Waals surface area contributed by atoms with Gasteiger partial charge in [-0.2, -0.15) is 0 Å². The molecule has 2 saturated carbocycles. The van der Waals surface area contributed by atoms with E-state index < -0.39 is 0 Å². The van der Waals surface area contributed by atoms with E-state index in [9.17, 15) is 5.11 Å². The molecule has 15 heavy (non-hydrogen) atoms. The molecule has 2 nitrogen and oxygen atoms in total. The Morgan fingerprint density at radius 2 is 1.73 bits per heavy atom. The van der Waals surface area contributed by atoms with Crippen molar-refractivity contribution in [2.75, 3.05) is 6.61 Å². The predicted molar refractivity (Wildman–Crippen MR) is 62.8 cm³/mol. The zero-order valence-electron chi connectivity index (χ0n) is 9.97. The minimum Gasteiger partial charge on any atom is -0.394 e. The smallest absolute Gasteiger partial charge is 0.0613 e. The summed E-state index contributed by atoms with van der Waals surface area (Å²) in [5.41, 5.74) is 0.0917. The molecular formula is C13H25NO. The van der Waals surface area contributed by atoms with Gasteiger partial charge in [-0.3, -0.25) is 0 Å². The zero-order valence-corrected chi connectivity index (χ0v) is 9.97. The quantitative estimate of drug-likeness (QED) is 0.703. The zero-order chi connectivity index (χ0) is 10.7. The molecule has 0 unspecified atom stereocenters. The third-order valence-corrected chi connectivity index (χ3v) is 4.15. The third-order valence-electron chi connectivity index (χ3n) is 4.15. The Hall–Kier alpha value is -0.0800. The van der Waals surface area contributed by atoms with E-state index in [1.807, 2.05) is 0 Å². The number of hydrogen-bond donors (Lipinski definition) is 2. The lowest BCUT2D eigenvalue weighted by atomic mass is 9.69. The molecule has 2 aliphatic carbocycles. The van der Waals surface area contributed by atoms with Crippen LogP contribution in [0.4, 0.5) is 0 Å². The molecule has 2 aliphatic rings. The standard InChI is InChI=1S/C13H25NO/c1-11-8-13(9-11,10-15)14-12-6-4-2-3-5-7-12/h11-12,14-15H,2-10H2,1H3. The molecule has 0 saturated heterocycles. The molecule has 2 heteroatoms. The average molecular weight is 211 g/mol. The first-order valence-corrected chi connectivity index (χ1v) is 6.63. The highest BCUT2D eigenvalue weighted by molar-refractivity contribution is 5.00. The Morgan fingerprint density at radius 3 is 2.20 bits per heavy atom. The molecule has 0 atom stereocenters. The highest BCUT2D eigenvalue weighted by atomic mass is 16.3. The van der Waals surface area contributed by atoms with Crippen LogP contribution in [0, 0.1) is 5.92 Å². The second kappa shape index (κ2) is 4.84.